The van der Waals surface area contributed by atoms with Gasteiger partial charge < -0.3 is 9.84 Å². The number of hydrogen-bond acceptors (Lipinski definition) is 2. The van der Waals surface area contributed by atoms with Gasteiger partial charge in [0.1, 0.15) is 17.3 Å². The maximum Gasteiger partial charge on any atom is 0.136 e. The Kier molecular flexibility index (Phi) is 4.08. The van der Waals surface area contributed by atoms with Crippen molar-refractivity contribution in [2.45, 2.75) is 20.0 Å². The van der Waals surface area contributed by atoms with Crippen molar-refractivity contribution in [2.75, 3.05) is 0 Å². The molecule has 0 fully saturated rings. The molecule has 0 spiro atoms. The van der Waals surface area contributed by atoms with Crippen LogP contribution in [0.1, 0.15) is 24.2 Å². The smallest absolute Gasteiger partial charge is 0.136 e. The first kappa shape index (κ1) is 13.8. The van der Waals surface area contributed by atoms with Crippen LogP contribution in [-0.2, 0) is 0 Å². The van der Waals surface area contributed by atoms with Gasteiger partial charge in [0.25, 0.3) is 0 Å². The molecule has 4 heteroatoms. The molecule has 0 radical (unpaired) electrons. The summed E-state index contributed by atoms with van der Waals surface area (Å²) < 4.78 is 19.3. The lowest BCUT2D eigenvalue weighted by atomic mass is 10.1. The van der Waals surface area contributed by atoms with Crippen LogP contribution in [0.5, 0.6) is 11.5 Å². The van der Waals surface area contributed by atoms with Gasteiger partial charge in [-0.2, -0.15) is 0 Å². The number of ether oxygens (including phenoxy) is 1. The minimum Gasteiger partial charge on any atom is -0.457 e. The topological polar surface area (TPSA) is 29.5 Å². The van der Waals surface area contributed by atoms with Gasteiger partial charge in [0.15, 0.2) is 0 Å². The van der Waals surface area contributed by atoms with Gasteiger partial charge in [-0.3, -0.25) is 0 Å². The van der Waals surface area contributed by atoms with Crippen LogP contribution in [0.15, 0.2) is 36.4 Å². The normalized spacial score (nSPS) is 12.3. The van der Waals surface area contributed by atoms with Crippen LogP contribution in [0.3, 0.4) is 0 Å². The first-order valence-electron chi connectivity index (χ1n) is 5.89. The van der Waals surface area contributed by atoms with Crippen molar-refractivity contribution < 1.29 is 14.2 Å². The van der Waals surface area contributed by atoms with Crippen LogP contribution < -0.4 is 4.74 Å². The van der Waals surface area contributed by atoms with E-state index >= 15 is 0 Å². The van der Waals surface area contributed by atoms with E-state index in [1.165, 1.54) is 13.0 Å². The molecular formula is C15H14ClFO2. The van der Waals surface area contributed by atoms with E-state index in [2.05, 4.69) is 0 Å². The highest BCUT2D eigenvalue weighted by Gasteiger charge is 2.15. The predicted molar refractivity (Wildman–Crippen MR) is 73.3 cm³/mol. The molecule has 100 valence electrons. The van der Waals surface area contributed by atoms with Crippen molar-refractivity contribution in [1.29, 1.82) is 0 Å². The number of hydrogen-bond donors (Lipinski definition) is 1. The lowest BCUT2D eigenvalue weighted by molar-refractivity contribution is 0.190. The first-order valence-corrected chi connectivity index (χ1v) is 6.27. The molecule has 0 saturated carbocycles. The van der Waals surface area contributed by atoms with Gasteiger partial charge in [0.05, 0.1) is 11.7 Å². The molecule has 0 heterocycles. The van der Waals surface area contributed by atoms with E-state index in [1.54, 1.807) is 30.3 Å². The summed E-state index contributed by atoms with van der Waals surface area (Å²) in [5.41, 5.74) is 1.02. The molecule has 1 N–H and O–H groups in total. The Balaban J connectivity index is 2.38. The molecule has 2 aromatic rings. The minimum atomic E-state index is -0.940. The minimum absolute atomic E-state index is 0.148. The average Bonchev–Trinajstić information content (AvgIpc) is 2.33. The first-order chi connectivity index (χ1) is 8.99. The fourth-order valence-electron chi connectivity index (χ4n) is 1.82. The summed E-state index contributed by atoms with van der Waals surface area (Å²) in [5, 5.41) is 10.3. The van der Waals surface area contributed by atoms with Crippen molar-refractivity contribution in [1.82, 2.24) is 0 Å². The molecule has 0 aliphatic carbocycles. The highest BCUT2D eigenvalue weighted by Crippen LogP contribution is 2.32. The second-order valence-electron chi connectivity index (χ2n) is 4.34. The van der Waals surface area contributed by atoms with Gasteiger partial charge in [-0.1, -0.05) is 17.7 Å². The van der Waals surface area contributed by atoms with Crippen LogP contribution in [0, 0.1) is 12.7 Å². The van der Waals surface area contributed by atoms with E-state index in [0.717, 1.165) is 5.56 Å². The largest absolute Gasteiger partial charge is 0.457 e. The predicted octanol–water partition coefficient (Wildman–Crippen LogP) is 4.63. The van der Waals surface area contributed by atoms with Gasteiger partial charge >= 0.3 is 0 Å². The maximum atomic E-state index is 13.7. The fraction of sp³-hybridized carbons (Fsp3) is 0.200. The molecule has 0 bridgehead atoms. The van der Waals surface area contributed by atoms with E-state index in [4.69, 9.17) is 16.3 Å². The zero-order valence-electron chi connectivity index (χ0n) is 10.7. The fourth-order valence-corrected chi connectivity index (χ4v) is 1.94. The summed E-state index contributed by atoms with van der Waals surface area (Å²) in [6.07, 6.45) is -0.940. The average molecular weight is 281 g/mol. The van der Waals surface area contributed by atoms with E-state index < -0.39 is 11.9 Å². The van der Waals surface area contributed by atoms with Crippen LogP contribution in [0.25, 0.3) is 0 Å². The Morgan fingerprint density at radius 3 is 2.63 bits per heavy atom. The standard InChI is InChI=1S/C15H14ClFO2/c1-9-8-11(6-7-12(9)16)19-14-5-3-4-13(17)15(14)10(2)18/h3-8,10,18H,1-2H3/t10-/m1/s1. The van der Waals surface area contributed by atoms with Crippen LogP contribution >= 0.6 is 11.6 Å². The highest BCUT2D eigenvalue weighted by molar-refractivity contribution is 6.31. The summed E-state index contributed by atoms with van der Waals surface area (Å²) in [7, 11) is 0. The van der Waals surface area contributed by atoms with Crippen molar-refractivity contribution in [3.63, 3.8) is 0 Å². The summed E-state index contributed by atoms with van der Waals surface area (Å²) in [5.74, 6) is 0.365. The third kappa shape index (κ3) is 3.06. The number of benzene rings is 2. The Morgan fingerprint density at radius 2 is 2.00 bits per heavy atom. The Hall–Kier alpha value is -1.58. The van der Waals surface area contributed by atoms with Gasteiger partial charge in [-0.05, 0) is 49.7 Å². The Bertz CT molecular complexity index is 597. The van der Waals surface area contributed by atoms with Crippen LogP contribution in [0.2, 0.25) is 5.02 Å². The summed E-state index contributed by atoms with van der Waals surface area (Å²) in [6, 6.07) is 9.63. The highest BCUT2D eigenvalue weighted by atomic mass is 35.5. The van der Waals surface area contributed by atoms with Crippen molar-refractivity contribution in [2.24, 2.45) is 0 Å². The molecule has 2 nitrogen and oxygen atoms in total. The van der Waals surface area contributed by atoms with Crippen LogP contribution in [0.4, 0.5) is 4.39 Å². The van der Waals surface area contributed by atoms with Gasteiger partial charge in [-0.25, -0.2) is 4.39 Å². The van der Waals surface area contributed by atoms with E-state index in [-0.39, 0.29) is 5.56 Å². The van der Waals surface area contributed by atoms with E-state index in [1.807, 2.05) is 6.92 Å². The third-order valence-corrected chi connectivity index (χ3v) is 3.21. The maximum absolute atomic E-state index is 13.7. The van der Waals surface area contributed by atoms with Crippen LogP contribution in [-0.4, -0.2) is 5.11 Å². The molecule has 0 saturated heterocycles. The zero-order valence-corrected chi connectivity index (χ0v) is 11.4. The summed E-state index contributed by atoms with van der Waals surface area (Å²) >= 11 is 5.94. The molecule has 19 heavy (non-hydrogen) atoms. The van der Waals surface area contributed by atoms with Crippen molar-refractivity contribution >= 4 is 11.6 Å². The van der Waals surface area contributed by atoms with E-state index in [9.17, 15) is 9.50 Å². The second kappa shape index (κ2) is 5.59. The number of aliphatic hydroxyl groups excluding tert-OH is 1. The monoisotopic (exact) mass is 280 g/mol. The van der Waals surface area contributed by atoms with Crippen molar-refractivity contribution in [3.8, 4) is 11.5 Å². The number of rotatable bonds is 3. The third-order valence-electron chi connectivity index (χ3n) is 2.79. The van der Waals surface area contributed by atoms with Gasteiger partial charge in [0, 0.05) is 5.02 Å². The summed E-state index contributed by atoms with van der Waals surface area (Å²) in [4.78, 5) is 0. The van der Waals surface area contributed by atoms with Crippen molar-refractivity contribution in [3.05, 3.63) is 58.4 Å². The number of aliphatic hydroxyl groups is 1. The molecule has 0 amide bonds. The lowest BCUT2D eigenvalue weighted by Gasteiger charge is -2.14. The number of aryl methyl sites for hydroxylation is 1. The number of halogens is 2. The van der Waals surface area contributed by atoms with Gasteiger partial charge in [-0.15, -0.1) is 0 Å². The SMILES string of the molecule is Cc1cc(Oc2cccc(F)c2[C@@H](C)O)ccc1Cl. The zero-order chi connectivity index (χ0) is 14.0. The quantitative estimate of drug-likeness (QED) is 0.888. The lowest BCUT2D eigenvalue weighted by Crippen LogP contribution is -1.99. The van der Waals surface area contributed by atoms with Gasteiger partial charge in [0.2, 0.25) is 0 Å². The molecule has 2 rings (SSSR count). The van der Waals surface area contributed by atoms with E-state index in [0.29, 0.717) is 16.5 Å². The molecule has 1 atom stereocenters. The molecule has 0 aromatic heterocycles. The molecule has 0 unspecified atom stereocenters. The molecular weight excluding hydrogens is 267 g/mol. The molecule has 0 aliphatic heterocycles. The Labute approximate surface area is 116 Å². The Morgan fingerprint density at radius 1 is 1.26 bits per heavy atom. The second-order valence-corrected chi connectivity index (χ2v) is 4.75. The molecule has 0 aliphatic rings. The summed E-state index contributed by atoms with van der Waals surface area (Å²) in [6.45, 7) is 3.36. The molecule has 2 aromatic carbocycles.